The molecule has 1 heterocycles. The number of carboxylic acids is 1. The van der Waals surface area contributed by atoms with E-state index in [9.17, 15) is 9.59 Å². The Morgan fingerprint density at radius 2 is 2.09 bits per heavy atom. The van der Waals surface area contributed by atoms with Gasteiger partial charge in [-0.05, 0) is 30.7 Å². The number of methoxy groups -OCH3 is 1. The third-order valence-corrected chi connectivity index (χ3v) is 3.09. The number of hydrogen-bond acceptors (Lipinski definition) is 4. The van der Waals surface area contributed by atoms with Crippen molar-refractivity contribution in [1.29, 1.82) is 0 Å². The van der Waals surface area contributed by atoms with Gasteiger partial charge in [0.2, 0.25) is 5.76 Å². The number of carbonyl (C=O) groups is 2. The summed E-state index contributed by atoms with van der Waals surface area (Å²) in [6, 6.07) is 8.70. The van der Waals surface area contributed by atoms with Gasteiger partial charge in [-0.3, -0.25) is 4.79 Å². The molecule has 0 fully saturated rings. The quantitative estimate of drug-likeness (QED) is 0.855. The molecule has 1 amide bonds. The van der Waals surface area contributed by atoms with Crippen LogP contribution >= 0.6 is 0 Å². The molecule has 2 aromatic rings. The van der Waals surface area contributed by atoms with Crippen molar-refractivity contribution in [1.82, 2.24) is 5.32 Å². The number of benzene rings is 1. The molecule has 116 valence electrons. The van der Waals surface area contributed by atoms with Crippen molar-refractivity contribution in [3.05, 3.63) is 58.5 Å². The Morgan fingerprint density at radius 3 is 2.73 bits per heavy atom. The SMILES string of the molecule is COCc1cccc(C(=O)NCc2cc(C)c(C(=O)O)o2)c1. The minimum atomic E-state index is -1.12. The minimum absolute atomic E-state index is 0.105. The van der Waals surface area contributed by atoms with Crippen LogP contribution in [0.4, 0.5) is 0 Å². The first kappa shape index (κ1) is 15.8. The van der Waals surface area contributed by atoms with E-state index in [4.69, 9.17) is 14.3 Å². The maximum Gasteiger partial charge on any atom is 0.372 e. The molecular formula is C16H17NO5. The number of carbonyl (C=O) groups excluding carboxylic acids is 1. The average Bonchev–Trinajstić information content (AvgIpc) is 2.87. The summed E-state index contributed by atoms with van der Waals surface area (Å²) in [5.74, 6) is -1.09. The predicted octanol–water partition coefficient (Wildman–Crippen LogP) is 2.36. The molecule has 0 atom stereocenters. The Bertz CT molecular complexity index is 690. The van der Waals surface area contributed by atoms with E-state index in [1.807, 2.05) is 6.07 Å². The van der Waals surface area contributed by atoms with E-state index in [1.165, 1.54) is 0 Å². The lowest BCUT2D eigenvalue weighted by atomic mass is 10.1. The molecule has 2 rings (SSSR count). The van der Waals surface area contributed by atoms with Crippen LogP contribution in [-0.4, -0.2) is 24.1 Å². The Labute approximate surface area is 127 Å². The summed E-state index contributed by atoms with van der Waals surface area (Å²) in [4.78, 5) is 23.0. The van der Waals surface area contributed by atoms with E-state index >= 15 is 0 Å². The van der Waals surface area contributed by atoms with Gasteiger partial charge >= 0.3 is 5.97 Å². The highest BCUT2D eigenvalue weighted by Gasteiger charge is 2.15. The Balaban J connectivity index is 2.02. The summed E-state index contributed by atoms with van der Waals surface area (Å²) in [5, 5.41) is 11.6. The second kappa shape index (κ2) is 6.91. The lowest BCUT2D eigenvalue weighted by molar-refractivity contribution is 0.0659. The van der Waals surface area contributed by atoms with Gasteiger partial charge in [0.25, 0.3) is 5.91 Å². The van der Waals surface area contributed by atoms with Gasteiger partial charge in [-0.15, -0.1) is 0 Å². The second-order valence-electron chi connectivity index (χ2n) is 4.85. The Morgan fingerprint density at radius 1 is 1.32 bits per heavy atom. The van der Waals surface area contributed by atoms with Crippen molar-refractivity contribution in [2.45, 2.75) is 20.1 Å². The van der Waals surface area contributed by atoms with Crippen LogP contribution in [0.25, 0.3) is 0 Å². The summed E-state index contributed by atoms with van der Waals surface area (Å²) >= 11 is 0. The van der Waals surface area contributed by atoms with E-state index in [-0.39, 0.29) is 18.2 Å². The molecule has 0 unspecified atom stereocenters. The molecule has 1 aromatic heterocycles. The molecule has 22 heavy (non-hydrogen) atoms. The number of rotatable bonds is 6. The first-order valence-electron chi connectivity index (χ1n) is 6.70. The van der Waals surface area contributed by atoms with Crippen molar-refractivity contribution < 1.29 is 23.8 Å². The van der Waals surface area contributed by atoms with Crippen LogP contribution in [-0.2, 0) is 17.9 Å². The average molecular weight is 303 g/mol. The first-order chi connectivity index (χ1) is 10.5. The van der Waals surface area contributed by atoms with Crippen LogP contribution in [0.5, 0.6) is 0 Å². The molecule has 0 aliphatic heterocycles. The molecular weight excluding hydrogens is 286 g/mol. The van der Waals surface area contributed by atoms with Crippen molar-refractivity contribution in [3.63, 3.8) is 0 Å². The monoisotopic (exact) mass is 303 g/mol. The molecule has 2 N–H and O–H groups in total. The fourth-order valence-corrected chi connectivity index (χ4v) is 2.09. The number of amides is 1. The normalized spacial score (nSPS) is 10.5. The summed E-state index contributed by atoms with van der Waals surface area (Å²) < 4.78 is 10.2. The third kappa shape index (κ3) is 3.73. The minimum Gasteiger partial charge on any atom is -0.475 e. The fourth-order valence-electron chi connectivity index (χ4n) is 2.09. The van der Waals surface area contributed by atoms with Crippen molar-refractivity contribution in [2.75, 3.05) is 7.11 Å². The van der Waals surface area contributed by atoms with Crippen LogP contribution in [0, 0.1) is 6.92 Å². The van der Waals surface area contributed by atoms with Gasteiger partial charge in [0, 0.05) is 18.2 Å². The van der Waals surface area contributed by atoms with Crippen molar-refractivity contribution in [2.24, 2.45) is 0 Å². The highest BCUT2D eigenvalue weighted by Crippen LogP contribution is 2.14. The summed E-state index contributed by atoms with van der Waals surface area (Å²) in [6.07, 6.45) is 0. The van der Waals surface area contributed by atoms with E-state index in [0.717, 1.165) is 5.56 Å². The summed E-state index contributed by atoms with van der Waals surface area (Å²) in [6.45, 7) is 2.20. The summed E-state index contributed by atoms with van der Waals surface area (Å²) in [5.41, 5.74) is 1.94. The smallest absolute Gasteiger partial charge is 0.372 e. The third-order valence-electron chi connectivity index (χ3n) is 3.09. The molecule has 0 saturated carbocycles. The summed E-state index contributed by atoms with van der Waals surface area (Å²) in [7, 11) is 1.59. The van der Waals surface area contributed by atoms with Gasteiger partial charge in [-0.2, -0.15) is 0 Å². The van der Waals surface area contributed by atoms with Gasteiger partial charge in [-0.1, -0.05) is 12.1 Å². The van der Waals surface area contributed by atoms with Crippen molar-refractivity contribution in [3.8, 4) is 0 Å². The maximum atomic E-state index is 12.1. The molecule has 0 aliphatic carbocycles. The number of aryl methyl sites for hydroxylation is 1. The predicted molar refractivity (Wildman–Crippen MR) is 78.7 cm³/mol. The van der Waals surface area contributed by atoms with E-state index in [2.05, 4.69) is 5.32 Å². The lowest BCUT2D eigenvalue weighted by Gasteiger charge is -2.05. The van der Waals surface area contributed by atoms with E-state index in [1.54, 1.807) is 38.3 Å². The Kier molecular flexibility index (Phi) is 4.95. The van der Waals surface area contributed by atoms with Gasteiger partial charge in [-0.25, -0.2) is 4.79 Å². The van der Waals surface area contributed by atoms with Gasteiger partial charge in [0.05, 0.1) is 13.2 Å². The molecule has 0 saturated heterocycles. The number of hydrogen-bond donors (Lipinski definition) is 2. The van der Waals surface area contributed by atoms with Crippen molar-refractivity contribution >= 4 is 11.9 Å². The molecule has 0 aliphatic rings. The molecule has 1 aromatic carbocycles. The van der Waals surface area contributed by atoms with E-state index < -0.39 is 5.97 Å². The lowest BCUT2D eigenvalue weighted by Crippen LogP contribution is -2.22. The van der Waals surface area contributed by atoms with Crippen LogP contribution in [0.15, 0.2) is 34.7 Å². The molecule has 0 bridgehead atoms. The highest BCUT2D eigenvalue weighted by molar-refractivity contribution is 5.94. The maximum absolute atomic E-state index is 12.1. The zero-order valence-electron chi connectivity index (χ0n) is 12.4. The standard InChI is InChI=1S/C16H17NO5/c1-10-6-13(22-14(10)16(19)20)8-17-15(18)12-5-3-4-11(7-12)9-21-2/h3-7H,8-9H2,1-2H3,(H,17,18)(H,19,20). The van der Waals surface area contributed by atoms with Crippen LogP contribution in [0.2, 0.25) is 0 Å². The molecule has 6 heteroatoms. The number of carboxylic acid groups (broad SMARTS) is 1. The fraction of sp³-hybridized carbons (Fsp3) is 0.250. The van der Waals surface area contributed by atoms with Gasteiger partial charge in [0.15, 0.2) is 0 Å². The second-order valence-corrected chi connectivity index (χ2v) is 4.85. The number of ether oxygens (including phenoxy) is 1. The highest BCUT2D eigenvalue weighted by atomic mass is 16.5. The van der Waals surface area contributed by atoms with Crippen LogP contribution in [0.1, 0.15) is 37.8 Å². The number of nitrogens with one attached hydrogen (secondary N) is 1. The van der Waals surface area contributed by atoms with Gasteiger partial charge in [0.1, 0.15) is 5.76 Å². The Hall–Kier alpha value is -2.60. The molecule has 0 spiro atoms. The number of furan rings is 1. The first-order valence-corrected chi connectivity index (χ1v) is 6.70. The largest absolute Gasteiger partial charge is 0.475 e. The van der Waals surface area contributed by atoms with E-state index in [0.29, 0.717) is 23.5 Å². The zero-order valence-corrected chi connectivity index (χ0v) is 12.4. The number of aromatic carboxylic acids is 1. The topological polar surface area (TPSA) is 88.8 Å². The van der Waals surface area contributed by atoms with Gasteiger partial charge < -0.3 is 19.6 Å². The van der Waals surface area contributed by atoms with Crippen LogP contribution < -0.4 is 5.32 Å². The molecule has 0 radical (unpaired) electrons. The zero-order chi connectivity index (χ0) is 16.1. The molecule has 6 nitrogen and oxygen atoms in total. The van der Waals surface area contributed by atoms with Crippen LogP contribution in [0.3, 0.4) is 0 Å².